The van der Waals surface area contributed by atoms with Crippen LogP contribution in [0.4, 0.5) is 0 Å². The van der Waals surface area contributed by atoms with Crippen molar-refractivity contribution in [1.29, 1.82) is 0 Å². The number of hydrogen-bond donors (Lipinski definition) is 0. The first kappa shape index (κ1) is 12.9. The fourth-order valence-electron chi connectivity index (χ4n) is 2.76. The van der Waals surface area contributed by atoms with E-state index in [1.807, 2.05) is 43.3 Å². The van der Waals surface area contributed by atoms with E-state index in [0.29, 0.717) is 17.2 Å². The monoisotopic (exact) mass is 266 g/mol. The van der Waals surface area contributed by atoms with Crippen LogP contribution in [0.3, 0.4) is 0 Å². The maximum atomic E-state index is 12.6. The van der Waals surface area contributed by atoms with Gasteiger partial charge in [-0.15, -0.1) is 0 Å². The summed E-state index contributed by atoms with van der Waals surface area (Å²) < 4.78 is 5.35. The molecule has 2 atom stereocenters. The molecule has 2 heteroatoms. The Bertz CT molecular complexity index is 631. The molecule has 0 radical (unpaired) electrons. The maximum Gasteiger partial charge on any atom is 0.170 e. The lowest BCUT2D eigenvalue weighted by Gasteiger charge is -2.08. The predicted molar refractivity (Wildman–Crippen MR) is 79.4 cm³/mol. The Hall–Kier alpha value is -2.09. The molecule has 2 aromatic rings. The minimum absolute atomic E-state index is 0.106. The number of benzene rings is 2. The van der Waals surface area contributed by atoms with Gasteiger partial charge in [-0.3, -0.25) is 4.79 Å². The normalized spacial score (nSPS) is 20.5. The van der Waals surface area contributed by atoms with E-state index in [-0.39, 0.29) is 11.7 Å². The van der Waals surface area contributed by atoms with Crippen molar-refractivity contribution in [3.63, 3.8) is 0 Å². The average Bonchev–Trinajstić information content (AvgIpc) is 3.28. The van der Waals surface area contributed by atoms with Crippen molar-refractivity contribution in [2.45, 2.75) is 19.3 Å². The molecule has 1 aliphatic carbocycles. The van der Waals surface area contributed by atoms with Crippen LogP contribution in [-0.2, 0) is 0 Å². The van der Waals surface area contributed by atoms with Gasteiger partial charge in [-0.1, -0.05) is 36.4 Å². The van der Waals surface area contributed by atoms with Crippen LogP contribution >= 0.6 is 0 Å². The fourth-order valence-corrected chi connectivity index (χ4v) is 2.76. The van der Waals surface area contributed by atoms with Gasteiger partial charge in [0.05, 0.1) is 12.7 Å². The second-order valence-electron chi connectivity index (χ2n) is 5.43. The molecule has 20 heavy (non-hydrogen) atoms. The number of ketones is 1. The number of Topliss-reactive ketones (excluding diaryl/α,β-unsaturated/α-hetero) is 1. The largest absolute Gasteiger partial charge is 0.496 e. The molecule has 3 rings (SSSR count). The fraction of sp³-hybridized carbons (Fsp3) is 0.278. The third kappa shape index (κ3) is 2.34. The van der Waals surface area contributed by atoms with Crippen molar-refractivity contribution in [2.24, 2.45) is 5.92 Å². The van der Waals surface area contributed by atoms with Crippen LogP contribution in [0.5, 0.6) is 5.75 Å². The zero-order valence-electron chi connectivity index (χ0n) is 11.8. The highest BCUT2D eigenvalue weighted by Crippen LogP contribution is 2.49. The predicted octanol–water partition coefficient (Wildman–Crippen LogP) is 3.99. The molecule has 1 saturated carbocycles. The molecule has 1 fully saturated rings. The topological polar surface area (TPSA) is 26.3 Å². The van der Waals surface area contributed by atoms with Crippen molar-refractivity contribution in [3.8, 4) is 5.75 Å². The van der Waals surface area contributed by atoms with Gasteiger partial charge in [-0.05, 0) is 42.5 Å². The first-order valence-corrected chi connectivity index (χ1v) is 6.94. The summed E-state index contributed by atoms with van der Waals surface area (Å²) in [6.07, 6.45) is 0.944. The van der Waals surface area contributed by atoms with E-state index < -0.39 is 0 Å². The molecule has 0 heterocycles. The van der Waals surface area contributed by atoms with Gasteiger partial charge in [0, 0.05) is 5.92 Å². The van der Waals surface area contributed by atoms with Gasteiger partial charge in [-0.25, -0.2) is 0 Å². The highest BCUT2D eigenvalue weighted by Gasteiger charge is 2.44. The molecule has 2 aromatic carbocycles. The molecule has 1 aliphatic rings. The summed E-state index contributed by atoms with van der Waals surface area (Å²) in [5.41, 5.74) is 3.08. The minimum atomic E-state index is 0.106. The smallest absolute Gasteiger partial charge is 0.170 e. The molecule has 0 aliphatic heterocycles. The molecular weight excluding hydrogens is 248 g/mol. The SMILES string of the molecule is COc1cc(C)ccc1C(=O)C1CC1c1ccccc1. The van der Waals surface area contributed by atoms with Crippen molar-refractivity contribution in [1.82, 2.24) is 0 Å². The van der Waals surface area contributed by atoms with E-state index in [4.69, 9.17) is 4.74 Å². The molecule has 2 unspecified atom stereocenters. The molecule has 0 bridgehead atoms. The number of rotatable bonds is 4. The number of carbonyl (C=O) groups excluding carboxylic acids is 1. The van der Waals surface area contributed by atoms with Gasteiger partial charge >= 0.3 is 0 Å². The van der Waals surface area contributed by atoms with Crippen molar-refractivity contribution < 1.29 is 9.53 Å². The molecule has 0 spiro atoms. The lowest BCUT2D eigenvalue weighted by atomic mass is 10.0. The van der Waals surface area contributed by atoms with E-state index in [1.54, 1.807) is 7.11 Å². The van der Waals surface area contributed by atoms with Crippen molar-refractivity contribution >= 4 is 5.78 Å². The highest BCUT2D eigenvalue weighted by molar-refractivity contribution is 6.02. The molecule has 102 valence electrons. The van der Waals surface area contributed by atoms with E-state index in [9.17, 15) is 4.79 Å². The first-order chi connectivity index (χ1) is 9.70. The van der Waals surface area contributed by atoms with Crippen LogP contribution in [0, 0.1) is 12.8 Å². The number of methoxy groups -OCH3 is 1. The lowest BCUT2D eigenvalue weighted by molar-refractivity contribution is 0.0962. The van der Waals surface area contributed by atoms with Crippen molar-refractivity contribution in [2.75, 3.05) is 7.11 Å². The first-order valence-electron chi connectivity index (χ1n) is 6.94. The summed E-state index contributed by atoms with van der Waals surface area (Å²) in [6.45, 7) is 2.00. The summed E-state index contributed by atoms with van der Waals surface area (Å²) in [7, 11) is 1.62. The lowest BCUT2D eigenvalue weighted by Crippen LogP contribution is -2.06. The summed E-state index contributed by atoms with van der Waals surface area (Å²) in [4.78, 5) is 12.6. The van der Waals surface area contributed by atoms with Crippen LogP contribution in [0.25, 0.3) is 0 Å². The molecule has 2 nitrogen and oxygen atoms in total. The van der Waals surface area contributed by atoms with Crippen molar-refractivity contribution in [3.05, 3.63) is 65.2 Å². The Balaban J connectivity index is 1.82. The highest BCUT2D eigenvalue weighted by atomic mass is 16.5. The summed E-state index contributed by atoms with van der Waals surface area (Å²) >= 11 is 0. The minimum Gasteiger partial charge on any atom is -0.496 e. The van der Waals surface area contributed by atoms with Crippen LogP contribution in [0.2, 0.25) is 0 Å². The third-order valence-electron chi connectivity index (χ3n) is 3.98. The van der Waals surface area contributed by atoms with Gasteiger partial charge in [0.1, 0.15) is 5.75 Å². The number of ether oxygens (including phenoxy) is 1. The summed E-state index contributed by atoms with van der Waals surface area (Å²) in [6, 6.07) is 16.0. The van der Waals surface area contributed by atoms with Crippen LogP contribution in [0.15, 0.2) is 48.5 Å². The molecular formula is C18H18O2. The maximum absolute atomic E-state index is 12.6. The summed E-state index contributed by atoms with van der Waals surface area (Å²) in [5.74, 6) is 1.37. The molecule has 0 amide bonds. The number of carbonyl (C=O) groups is 1. The van der Waals surface area contributed by atoms with Crippen LogP contribution < -0.4 is 4.74 Å². The van der Waals surface area contributed by atoms with E-state index in [0.717, 1.165) is 12.0 Å². The van der Waals surface area contributed by atoms with Gasteiger partial charge in [0.25, 0.3) is 0 Å². The molecule has 0 saturated heterocycles. The zero-order valence-corrected chi connectivity index (χ0v) is 11.8. The zero-order chi connectivity index (χ0) is 14.1. The Morgan fingerprint density at radius 1 is 1.15 bits per heavy atom. The Labute approximate surface area is 119 Å². The van der Waals surface area contributed by atoms with E-state index in [1.165, 1.54) is 5.56 Å². The van der Waals surface area contributed by atoms with E-state index in [2.05, 4.69) is 12.1 Å². The number of aryl methyl sites for hydroxylation is 1. The number of hydrogen-bond acceptors (Lipinski definition) is 2. The van der Waals surface area contributed by atoms with Crippen LogP contribution in [0.1, 0.15) is 33.8 Å². The quantitative estimate of drug-likeness (QED) is 0.782. The molecule has 0 aromatic heterocycles. The van der Waals surface area contributed by atoms with Gasteiger partial charge < -0.3 is 4.74 Å². The second kappa shape index (κ2) is 5.12. The Kier molecular flexibility index (Phi) is 3.31. The average molecular weight is 266 g/mol. The van der Waals surface area contributed by atoms with Gasteiger partial charge in [0.2, 0.25) is 0 Å². The van der Waals surface area contributed by atoms with Gasteiger partial charge in [0.15, 0.2) is 5.78 Å². The molecule has 0 N–H and O–H groups in total. The second-order valence-corrected chi connectivity index (χ2v) is 5.43. The Morgan fingerprint density at radius 2 is 1.90 bits per heavy atom. The van der Waals surface area contributed by atoms with Crippen LogP contribution in [-0.4, -0.2) is 12.9 Å². The third-order valence-corrected chi connectivity index (χ3v) is 3.98. The van der Waals surface area contributed by atoms with Gasteiger partial charge in [-0.2, -0.15) is 0 Å². The summed E-state index contributed by atoms with van der Waals surface area (Å²) in [5, 5.41) is 0. The van der Waals surface area contributed by atoms with E-state index >= 15 is 0 Å². The standard InChI is InChI=1S/C18H18O2/c1-12-8-9-14(17(10-12)20-2)18(19)16-11-15(16)13-6-4-3-5-7-13/h3-10,15-16H,11H2,1-2H3. The Morgan fingerprint density at radius 3 is 2.60 bits per heavy atom.